The summed E-state index contributed by atoms with van der Waals surface area (Å²) in [5.41, 5.74) is 1.26. The van der Waals surface area contributed by atoms with Crippen molar-refractivity contribution in [3.05, 3.63) is 11.6 Å². The molecule has 0 aromatic rings. The van der Waals surface area contributed by atoms with Crippen molar-refractivity contribution in [1.29, 1.82) is 0 Å². The van der Waals surface area contributed by atoms with E-state index in [0.717, 1.165) is 44.9 Å². The standard InChI is InChI=1S/C18H24O2/c1-18-9-8-14-13-5-3-12(19)10-11(13)2-4-15(14)16(18)6-7-17(18)20/h10,13-16H,2-9H2,1H3/t13-,14+,15+,16-,18-/m0/s1/i3D/t3-,13+,14-,15-,16+,18+/m1. The van der Waals surface area contributed by atoms with Gasteiger partial charge in [-0.25, -0.2) is 0 Å². The Kier molecular flexibility index (Phi) is 2.51. The highest BCUT2D eigenvalue weighted by molar-refractivity contribution is 5.91. The molecule has 0 aromatic carbocycles. The Labute approximate surface area is 122 Å². The summed E-state index contributed by atoms with van der Waals surface area (Å²) in [6.07, 6.45) is 8.13. The molecule has 0 amide bonds. The molecule has 0 heterocycles. The maximum absolute atomic E-state index is 12.3. The van der Waals surface area contributed by atoms with Gasteiger partial charge in [0.2, 0.25) is 0 Å². The summed E-state index contributed by atoms with van der Waals surface area (Å²) >= 11 is 0. The Morgan fingerprint density at radius 2 is 2.00 bits per heavy atom. The van der Waals surface area contributed by atoms with Crippen molar-refractivity contribution in [1.82, 2.24) is 0 Å². The molecule has 0 spiro atoms. The van der Waals surface area contributed by atoms with Crippen LogP contribution in [0.5, 0.6) is 0 Å². The molecule has 0 N–H and O–H groups in total. The molecule has 4 rings (SSSR count). The minimum atomic E-state index is -0.545. The van der Waals surface area contributed by atoms with Crippen molar-refractivity contribution in [2.24, 2.45) is 29.1 Å². The molecule has 108 valence electrons. The van der Waals surface area contributed by atoms with Crippen molar-refractivity contribution in [3.63, 3.8) is 0 Å². The molecule has 6 atom stereocenters. The molecule has 0 aliphatic heterocycles. The largest absolute Gasteiger partial charge is 0.299 e. The first kappa shape index (κ1) is 11.7. The fourth-order valence-electron chi connectivity index (χ4n) is 5.79. The number of fused-ring (bicyclic) bond motifs is 5. The predicted molar refractivity (Wildman–Crippen MR) is 77.1 cm³/mol. The second-order valence-electron chi connectivity index (χ2n) is 7.56. The summed E-state index contributed by atoms with van der Waals surface area (Å²) in [6.45, 7) is 2.20. The summed E-state index contributed by atoms with van der Waals surface area (Å²) in [5.74, 6) is 2.78. The first-order valence-corrected chi connectivity index (χ1v) is 8.20. The Morgan fingerprint density at radius 3 is 2.85 bits per heavy atom. The van der Waals surface area contributed by atoms with Crippen LogP contribution in [0.4, 0.5) is 0 Å². The normalized spacial score (nSPS) is 51.8. The van der Waals surface area contributed by atoms with E-state index in [-0.39, 0.29) is 11.2 Å². The van der Waals surface area contributed by atoms with Crippen molar-refractivity contribution in [3.8, 4) is 0 Å². The second kappa shape index (κ2) is 4.29. The van der Waals surface area contributed by atoms with Crippen molar-refractivity contribution < 1.29 is 11.0 Å². The van der Waals surface area contributed by atoms with Crippen LogP contribution in [0, 0.1) is 29.1 Å². The molecule has 20 heavy (non-hydrogen) atoms. The van der Waals surface area contributed by atoms with Crippen LogP contribution in [0.25, 0.3) is 0 Å². The van der Waals surface area contributed by atoms with E-state index in [4.69, 9.17) is 1.37 Å². The van der Waals surface area contributed by atoms with Crippen molar-refractivity contribution in [2.45, 2.75) is 58.3 Å². The molecule has 0 bridgehead atoms. The number of Topliss-reactive ketones (excluding diaryl/α,β-unsaturated/α-hetero) is 1. The van der Waals surface area contributed by atoms with Crippen LogP contribution in [0.3, 0.4) is 0 Å². The zero-order valence-electron chi connectivity index (χ0n) is 13.2. The average molecular weight is 273 g/mol. The van der Waals surface area contributed by atoms with Gasteiger partial charge in [-0.1, -0.05) is 12.5 Å². The van der Waals surface area contributed by atoms with E-state index in [9.17, 15) is 9.59 Å². The SMILES string of the molecule is [2H][C@@H]1C[C@H]2C(=CC1=O)CC[C@@H]1[C@@H]2CC[C@]2(C)C(=O)CC[C@@H]12. The van der Waals surface area contributed by atoms with Gasteiger partial charge < -0.3 is 0 Å². The highest BCUT2D eigenvalue weighted by Crippen LogP contribution is 2.60. The molecule has 0 aromatic heterocycles. The Hall–Kier alpha value is -0.920. The molecule has 2 heteroatoms. The first-order valence-electron chi connectivity index (χ1n) is 8.78. The van der Waals surface area contributed by atoms with Gasteiger partial charge in [-0.3, -0.25) is 9.59 Å². The van der Waals surface area contributed by atoms with Crippen molar-refractivity contribution in [2.75, 3.05) is 0 Å². The number of ketones is 2. The van der Waals surface area contributed by atoms with E-state index in [0.29, 0.717) is 29.5 Å². The van der Waals surface area contributed by atoms with E-state index in [1.807, 2.05) is 0 Å². The maximum atomic E-state index is 12.3. The van der Waals surface area contributed by atoms with E-state index in [2.05, 4.69) is 6.92 Å². The van der Waals surface area contributed by atoms with Crippen LogP contribution in [-0.4, -0.2) is 11.6 Å². The minimum absolute atomic E-state index is 0.0105. The lowest BCUT2D eigenvalue weighted by Crippen LogP contribution is -2.46. The monoisotopic (exact) mass is 273 g/mol. The minimum Gasteiger partial charge on any atom is -0.299 e. The molecule has 0 unspecified atom stereocenters. The number of hydrogen-bond donors (Lipinski definition) is 0. The third-order valence-electron chi connectivity index (χ3n) is 6.86. The van der Waals surface area contributed by atoms with E-state index >= 15 is 0 Å². The lowest BCUT2D eigenvalue weighted by molar-refractivity contribution is -0.131. The molecule has 0 saturated heterocycles. The highest BCUT2D eigenvalue weighted by atomic mass is 16.1. The van der Waals surface area contributed by atoms with Crippen molar-refractivity contribution >= 4 is 11.6 Å². The number of rotatable bonds is 0. The van der Waals surface area contributed by atoms with Crippen LogP contribution >= 0.6 is 0 Å². The zero-order chi connectivity index (χ0) is 14.8. The molecule has 0 radical (unpaired) electrons. The molecule has 3 fully saturated rings. The van der Waals surface area contributed by atoms with Gasteiger partial charge in [-0.2, -0.15) is 0 Å². The molecular formula is C18H24O2. The van der Waals surface area contributed by atoms with Gasteiger partial charge in [-0.05, 0) is 68.3 Å². The van der Waals surface area contributed by atoms with Gasteiger partial charge in [0, 0.05) is 19.6 Å². The first-order chi connectivity index (χ1) is 10.0. The van der Waals surface area contributed by atoms with Crippen LogP contribution in [0.2, 0.25) is 0 Å². The van der Waals surface area contributed by atoms with Gasteiger partial charge in [-0.15, -0.1) is 0 Å². The number of carbonyl (C=O) groups excluding carboxylic acids is 2. The van der Waals surface area contributed by atoms with Gasteiger partial charge in [0.05, 0.1) is 0 Å². The van der Waals surface area contributed by atoms with Crippen LogP contribution in [0.1, 0.15) is 59.6 Å². The summed E-state index contributed by atoms with van der Waals surface area (Å²) in [4.78, 5) is 24.1. The van der Waals surface area contributed by atoms with E-state index in [1.54, 1.807) is 6.08 Å². The Bertz CT molecular complexity index is 537. The molecular weight excluding hydrogens is 248 g/mol. The maximum Gasteiger partial charge on any atom is 0.155 e. The van der Waals surface area contributed by atoms with E-state index < -0.39 is 6.40 Å². The fourth-order valence-corrected chi connectivity index (χ4v) is 5.79. The van der Waals surface area contributed by atoms with Crippen LogP contribution < -0.4 is 0 Å². The van der Waals surface area contributed by atoms with Gasteiger partial charge >= 0.3 is 0 Å². The molecule has 3 saturated carbocycles. The Balaban J connectivity index is 1.65. The van der Waals surface area contributed by atoms with Gasteiger partial charge in [0.1, 0.15) is 5.78 Å². The smallest absolute Gasteiger partial charge is 0.155 e. The second-order valence-corrected chi connectivity index (χ2v) is 7.56. The molecule has 4 aliphatic rings. The van der Waals surface area contributed by atoms with Gasteiger partial charge in [0.25, 0.3) is 0 Å². The molecule has 2 nitrogen and oxygen atoms in total. The lowest BCUT2D eigenvalue weighted by atomic mass is 9.52. The van der Waals surface area contributed by atoms with Crippen LogP contribution in [-0.2, 0) is 9.59 Å². The highest BCUT2D eigenvalue weighted by Gasteiger charge is 2.55. The summed E-state index contributed by atoms with van der Waals surface area (Å²) in [6, 6.07) is 0. The van der Waals surface area contributed by atoms with Gasteiger partial charge in [0.15, 0.2) is 5.78 Å². The third-order valence-corrected chi connectivity index (χ3v) is 6.86. The molecule has 4 aliphatic carbocycles. The summed E-state index contributed by atoms with van der Waals surface area (Å²) < 4.78 is 7.98. The number of hydrogen-bond acceptors (Lipinski definition) is 2. The Morgan fingerprint density at radius 1 is 1.15 bits per heavy atom. The fraction of sp³-hybridized carbons (Fsp3) is 0.778. The number of allylic oxidation sites excluding steroid dienone is 1. The third kappa shape index (κ3) is 1.63. The van der Waals surface area contributed by atoms with Crippen LogP contribution in [0.15, 0.2) is 11.6 Å². The summed E-state index contributed by atoms with van der Waals surface area (Å²) in [5, 5.41) is 0. The van der Waals surface area contributed by atoms with E-state index in [1.165, 1.54) is 5.57 Å². The number of carbonyl (C=O) groups is 2. The zero-order valence-corrected chi connectivity index (χ0v) is 12.2. The average Bonchev–Trinajstić information content (AvgIpc) is 2.76. The topological polar surface area (TPSA) is 34.1 Å². The summed E-state index contributed by atoms with van der Waals surface area (Å²) in [7, 11) is 0. The quantitative estimate of drug-likeness (QED) is 0.674. The lowest BCUT2D eigenvalue weighted by Gasteiger charge is -2.52. The predicted octanol–water partition coefficient (Wildman–Crippen LogP) is 3.70.